The Morgan fingerprint density at radius 3 is 2.82 bits per heavy atom. The molecule has 3 aromatic rings. The van der Waals surface area contributed by atoms with Gasteiger partial charge in [0.1, 0.15) is 0 Å². The summed E-state index contributed by atoms with van der Waals surface area (Å²) in [5.41, 5.74) is 6.01. The van der Waals surface area contributed by atoms with E-state index in [0.717, 1.165) is 36.9 Å². The van der Waals surface area contributed by atoms with Crippen molar-refractivity contribution in [3.8, 4) is 0 Å². The Kier molecular flexibility index (Phi) is 7.60. The molecule has 1 aliphatic rings. The number of aryl methyl sites for hydroxylation is 1. The molecule has 0 spiro atoms. The van der Waals surface area contributed by atoms with E-state index in [9.17, 15) is 15.0 Å². The highest BCUT2D eigenvalue weighted by Crippen LogP contribution is 2.36. The first kappa shape index (κ1) is 23.2. The Labute approximate surface area is 194 Å². The lowest BCUT2D eigenvalue weighted by molar-refractivity contribution is -0.134. The Balaban J connectivity index is 1.51. The van der Waals surface area contributed by atoms with Gasteiger partial charge in [-0.15, -0.1) is 0 Å². The van der Waals surface area contributed by atoms with Crippen LogP contribution >= 0.6 is 0 Å². The molecular formula is C27H32N2O4. The second-order valence-corrected chi connectivity index (χ2v) is 8.47. The number of ether oxygens (including phenoxy) is 1. The van der Waals surface area contributed by atoms with Crippen molar-refractivity contribution < 1.29 is 19.7 Å². The van der Waals surface area contributed by atoms with E-state index in [1.165, 1.54) is 35.3 Å². The fourth-order valence-electron chi connectivity index (χ4n) is 4.96. The van der Waals surface area contributed by atoms with Crippen molar-refractivity contribution in [3.63, 3.8) is 0 Å². The van der Waals surface area contributed by atoms with E-state index in [1.54, 1.807) is 6.08 Å². The number of esters is 1. The molecule has 0 aliphatic heterocycles. The second kappa shape index (κ2) is 10.8. The summed E-state index contributed by atoms with van der Waals surface area (Å²) in [7, 11) is 1.38. The molecular weight excluding hydrogens is 416 g/mol. The third kappa shape index (κ3) is 5.19. The summed E-state index contributed by atoms with van der Waals surface area (Å²) in [6.45, 7) is 2.30. The lowest BCUT2D eigenvalue weighted by Gasteiger charge is -2.29. The van der Waals surface area contributed by atoms with Gasteiger partial charge in [0.05, 0.1) is 20.3 Å². The van der Waals surface area contributed by atoms with Crippen molar-refractivity contribution in [1.82, 2.24) is 9.47 Å². The topological polar surface area (TPSA) is 74.9 Å². The van der Waals surface area contributed by atoms with E-state index in [0.29, 0.717) is 13.1 Å². The summed E-state index contributed by atoms with van der Waals surface area (Å²) >= 11 is 0. The fourth-order valence-corrected chi connectivity index (χ4v) is 4.96. The Morgan fingerprint density at radius 2 is 2.03 bits per heavy atom. The zero-order chi connectivity index (χ0) is 23.2. The van der Waals surface area contributed by atoms with Crippen LogP contribution in [0.2, 0.25) is 0 Å². The standard InChI is InChI=1S/C27H32N2O4/c1-33-27(32)11-7-20-6-9-24-21(18-20)8-10-26(24)28(14-16-30)13-12-22-19-29(15-17-31)25-5-3-2-4-23(22)25/h2-7,9,11,18-19,26,30-31H,8,10,12-17H2,1H3. The monoisotopic (exact) mass is 448 g/mol. The minimum atomic E-state index is -0.358. The van der Waals surface area contributed by atoms with Crippen LogP contribution in [0.15, 0.2) is 54.7 Å². The third-order valence-electron chi connectivity index (χ3n) is 6.53. The van der Waals surface area contributed by atoms with Crippen molar-refractivity contribution in [2.45, 2.75) is 31.8 Å². The molecule has 0 saturated heterocycles. The number of carbonyl (C=O) groups excluding carboxylic acids is 1. The predicted octanol–water partition coefficient (Wildman–Crippen LogP) is 3.34. The molecule has 1 heterocycles. The van der Waals surface area contributed by atoms with Crippen molar-refractivity contribution in [2.75, 3.05) is 33.4 Å². The van der Waals surface area contributed by atoms with Crippen LogP contribution in [0.1, 0.15) is 34.7 Å². The average molecular weight is 449 g/mol. The predicted molar refractivity (Wildman–Crippen MR) is 130 cm³/mol. The number of aliphatic hydroxyl groups excluding tert-OH is 2. The summed E-state index contributed by atoms with van der Waals surface area (Å²) in [5.74, 6) is -0.358. The number of fused-ring (bicyclic) bond motifs is 2. The van der Waals surface area contributed by atoms with Gasteiger partial charge in [-0.3, -0.25) is 4.90 Å². The van der Waals surface area contributed by atoms with E-state index < -0.39 is 0 Å². The van der Waals surface area contributed by atoms with Crippen molar-refractivity contribution in [2.24, 2.45) is 0 Å². The van der Waals surface area contributed by atoms with Gasteiger partial charge in [-0.05, 0) is 53.7 Å². The van der Waals surface area contributed by atoms with Crippen LogP contribution in [-0.4, -0.2) is 59.1 Å². The van der Waals surface area contributed by atoms with Gasteiger partial charge in [0.25, 0.3) is 0 Å². The molecule has 0 fully saturated rings. The largest absolute Gasteiger partial charge is 0.466 e. The first-order chi connectivity index (χ1) is 16.1. The van der Waals surface area contributed by atoms with Crippen molar-refractivity contribution in [1.29, 1.82) is 0 Å². The van der Waals surface area contributed by atoms with Gasteiger partial charge >= 0.3 is 5.97 Å². The smallest absolute Gasteiger partial charge is 0.330 e. The van der Waals surface area contributed by atoms with Crippen LogP contribution in [0.4, 0.5) is 0 Å². The van der Waals surface area contributed by atoms with Crippen molar-refractivity contribution >= 4 is 22.9 Å². The van der Waals surface area contributed by atoms with Gasteiger partial charge in [0.15, 0.2) is 0 Å². The molecule has 0 amide bonds. The van der Waals surface area contributed by atoms with E-state index in [2.05, 4.69) is 50.7 Å². The summed E-state index contributed by atoms with van der Waals surface area (Å²) in [5, 5.41) is 20.4. The molecule has 174 valence electrons. The summed E-state index contributed by atoms with van der Waals surface area (Å²) in [6, 6.07) is 14.9. The lowest BCUT2D eigenvalue weighted by atomic mass is 10.0. The van der Waals surface area contributed by atoms with Gasteiger partial charge in [-0.1, -0.05) is 36.4 Å². The molecule has 0 radical (unpaired) electrons. The molecule has 2 N–H and O–H groups in total. The van der Waals surface area contributed by atoms with Crippen LogP contribution in [-0.2, 0) is 28.9 Å². The first-order valence-corrected chi connectivity index (χ1v) is 11.6. The number of hydrogen-bond acceptors (Lipinski definition) is 5. The number of aliphatic hydroxyl groups is 2. The molecule has 2 aromatic carbocycles. The molecule has 1 atom stereocenters. The zero-order valence-electron chi connectivity index (χ0n) is 19.1. The Bertz CT molecular complexity index is 1130. The maximum absolute atomic E-state index is 11.4. The van der Waals surface area contributed by atoms with Crippen LogP contribution in [0.3, 0.4) is 0 Å². The SMILES string of the molecule is COC(=O)C=Cc1ccc2c(c1)CCC2N(CCO)CCc1cn(CCO)c2ccccc12. The van der Waals surface area contributed by atoms with Gasteiger partial charge in [-0.25, -0.2) is 4.79 Å². The molecule has 1 unspecified atom stereocenters. The quantitative estimate of drug-likeness (QED) is 0.368. The summed E-state index contributed by atoms with van der Waals surface area (Å²) in [6.07, 6.45) is 8.27. The highest BCUT2D eigenvalue weighted by Gasteiger charge is 2.27. The maximum atomic E-state index is 11.4. The van der Waals surface area contributed by atoms with E-state index in [-0.39, 0.29) is 25.2 Å². The number of hydrogen-bond donors (Lipinski definition) is 2. The van der Waals surface area contributed by atoms with E-state index in [4.69, 9.17) is 0 Å². The fraction of sp³-hybridized carbons (Fsp3) is 0.370. The molecule has 4 rings (SSSR count). The average Bonchev–Trinajstić information content (AvgIpc) is 3.42. The van der Waals surface area contributed by atoms with E-state index in [1.807, 2.05) is 12.1 Å². The lowest BCUT2D eigenvalue weighted by Crippen LogP contribution is -2.32. The van der Waals surface area contributed by atoms with Crippen LogP contribution in [0.25, 0.3) is 17.0 Å². The molecule has 6 nitrogen and oxygen atoms in total. The van der Waals surface area contributed by atoms with Gasteiger partial charge in [-0.2, -0.15) is 0 Å². The highest BCUT2D eigenvalue weighted by molar-refractivity contribution is 5.87. The molecule has 1 aromatic heterocycles. The maximum Gasteiger partial charge on any atom is 0.330 e. The number of methoxy groups -OCH3 is 1. The zero-order valence-corrected chi connectivity index (χ0v) is 19.1. The third-order valence-corrected chi connectivity index (χ3v) is 6.53. The molecule has 33 heavy (non-hydrogen) atoms. The summed E-state index contributed by atoms with van der Waals surface area (Å²) < 4.78 is 6.80. The van der Waals surface area contributed by atoms with Gasteiger partial charge in [0, 0.05) is 48.9 Å². The Hall–Kier alpha value is -2.93. The minimum absolute atomic E-state index is 0.115. The summed E-state index contributed by atoms with van der Waals surface area (Å²) in [4.78, 5) is 13.8. The van der Waals surface area contributed by atoms with Gasteiger partial charge in [0.2, 0.25) is 0 Å². The minimum Gasteiger partial charge on any atom is -0.466 e. The highest BCUT2D eigenvalue weighted by atomic mass is 16.5. The van der Waals surface area contributed by atoms with Crippen LogP contribution in [0, 0.1) is 0 Å². The van der Waals surface area contributed by atoms with Gasteiger partial charge < -0.3 is 19.5 Å². The second-order valence-electron chi connectivity index (χ2n) is 8.47. The number of rotatable bonds is 10. The number of para-hydroxylation sites is 1. The number of benzene rings is 2. The molecule has 0 saturated carbocycles. The van der Waals surface area contributed by atoms with Crippen LogP contribution in [0.5, 0.6) is 0 Å². The van der Waals surface area contributed by atoms with Crippen molar-refractivity contribution in [3.05, 3.63) is 77.0 Å². The van der Waals surface area contributed by atoms with E-state index >= 15 is 0 Å². The normalized spacial score (nSPS) is 15.6. The molecule has 6 heteroatoms. The molecule has 1 aliphatic carbocycles. The first-order valence-electron chi connectivity index (χ1n) is 11.6. The Morgan fingerprint density at radius 1 is 1.18 bits per heavy atom. The number of carbonyl (C=O) groups is 1. The van der Waals surface area contributed by atoms with Crippen LogP contribution < -0.4 is 0 Å². The number of aromatic nitrogens is 1. The molecule has 0 bridgehead atoms. The number of nitrogens with zero attached hydrogens (tertiary/aromatic N) is 2.